The van der Waals surface area contributed by atoms with Crippen LogP contribution in [0.5, 0.6) is 0 Å². The fraction of sp³-hybridized carbons (Fsp3) is 0.267. The zero-order valence-electron chi connectivity index (χ0n) is 13.5. The Bertz CT molecular complexity index is 794. The van der Waals surface area contributed by atoms with Crippen molar-refractivity contribution in [2.75, 3.05) is 32.5 Å². The molecule has 0 unspecified atom stereocenters. The summed E-state index contributed by atoms with van der Waals surface area (Å²) in [6.07, 6.45) is 0. The molecule has 0 radical (unpaired) electrons. The third-order valence-electron chi connectivity index (χ3n) is 3.16. The van der Waals surface area contributed by atoms with E-state index in [2.05, 4.69) is 20.8 Å². The van der Waals surface area contributed by atoms with Crippen LogP contribution >= 0.6 is 11.6 Å². The second-order valence-corrected chi connectivity index (χ2v) is 5.83. The lowest BCUT2D eigenvalue weighted by atomic mass is 10.2. The Hall–Kier alpha value is -2.52. The standard InChI is InChI=1S/C15H16ClF2N5O2/c1-23(2)4-3-19-15(25)12-7-13(22-21-12)20-14(24)8-5-10(17)11(18)6-9(8)16/h5-7H,3-4H2,1-2H3,(H,19,25)(H2,20,21,22,24). The number of halogens is 3. The molecular weight excluding hydrogens is 356 g/mol. The summed E-state index contributed by atoms with van der Waals surface area (Å²) in [6.45, 7) is 1.10. The Labute approximate surface area is 147 Å². The van der Waals surface area contributed by atoms with Crippen molar-refractivity contribution in [3.05, 3.63) is 46.1 Å². The Balaban J connectivity index is 2.02. The first kappa shape index (κ1) is 18.8. The first-order valence-corrected chi connectivity index (χ1v) is 7.60. The minimum Gasteiger partial charge on any atom is -0.349 e. The molecule has 25 heavy (non-hydrogen) atoms. The molecule has 0 saturated carbocycles. The van der Waals surface area contributed by atoms with Gasteiger partial charge >= 0.3 is 0 Å². The number of carbonyl (C=O) groups is 2. The maximum Gasteiger partial charge on any atom is 0.271 e. The molecular formula is C15H16ClF2N5O2. The highest BCUT2D eigenvalue weighted by molar-refractivity contribution is 6.34. The number of likely N-dealkylation sites (N-methyl/N-ethyl adjacent to an activating group) is 1. The summed E-state index contributed by atoms with van der Waals surface area (Å²) in [5.41, 5.74) is -0.169. The molecule has 3 N–H and O–H groups in total. The van der Waals surface area contributed by atoms with E-state index in [9.17, 15) is 18.4 Å². The molecule has 0 aliphatic rings. The third kappa shape index (κ3) is 4.97. The van der Waals surface area contributed by atoms with Gasteiger partial charge in [0.25, 0.3) is 11.8 Å². The topological polar surface area (TPSA) is 90.1 Å². The number of hydrogen-bond acceptors (Lipinski definition) is 4. The second kappa shape index (κ2) is 8.04. The van der Waals surface area contributed by atoms with Crippen LogP contribution in [0.3, 0.4) is 0 Å². The van der Waals surface area contributed by atoms with Crippen molar-refractivity contribution in [1.82, 2.24) is 20.4 Å². The zero-order chi connectivity index (χ0) is 18.6. The van der Waals surface area contributed by atoms with E-state index >= 15 is 0 Å². The maximum atomic E-state index is 13.3. The number of aromatic nitrogens is 2. The molecule has 0 atom stereocenters. The molecule has 1 heterocycles. The number of H-pyrrole nitrogens is 1. The van der Waals surface area contributed by atoms with Gasteiger partial charge in [0.1, 0.15) is 5.82 Å². The van der Waals surface area contributed by atoms with Gasteiger partial charge < -0.3 is 15.5 Å². The zero-order valence-corrected chi connectivity index (χ0v) is 14.2. The largest absolute Gasteiger partial charge is 0.349 e. The van der Waals surface area contributed by atoms with E-state index in [0.29, 0.717) is 25.2 Å². The van der Waals surface area contributed by atoms with E-state index in [1.807, 2.05) is 19.0 Å². The van der Waals surface area contributed by atoms with E-state index < -0.39 is 23.4 Å². The molecule has 0 spiro atoms. The van der Waals surface area contributed by atoms with Gasteiger partial charge in [-0.25, -0.2) is 8.78 Å². The number of benzene rings is 1. The van der Waals surface area contributed by atoms with Crippen molar-refractivity contribution in [1.29, 1.82) is 0 Å². The lowest BCUT2D eigenvalue weighted by Gasteiger charge is -2.09. The van der Waals surface area contributed by atoms with Crippen LogP contribution in [0.25, 0.3) is 0 Å². The number of anilines is 1. The smallest absolute Gasteiger partial charge is 0.271 e. The van der Waals surface area contributed by atoms with Crippen LogP contribution in [-0.2, 0) is 0 Å². The van der Waals surface area contributed by atoms with Gasteiger partial charge in [0.15, 0.2) is 17.3 Å². The van der Waals surface area contributed by atoms with E-state index in [-0.39, 0.29) is 22.1 Å². The summed E-state index contributed by atoms with van der Waals surface area (Å²) in [4.78, 5) is 25.9. The van der Waals surface area contributed by atoms with Crippen molar-refractivity contribution in [3.8, 4) is 0 Å². The predicted octanol–water partition coefficient (Wildman–Crippen LogP) is 1.88. The molecule has 0 saturated heterocycles. The summed E-state index contributed by atoms with van der Waals surface area (Å²) >= 11 is 5.74. The van der Waals surface area contributed by atoms with Gasteiger partial charge in [-0.1, -0.05) is 11.6 Å². The molecule has 10 heteroatoms. The van der Waals surface area contributed by atoms with Crippen LogP contribution in [0.15, 0.2) is 18.2 Å². The molecule has 1 aromatic heterocycles. The van der Waals surface area contributed by atoms with Crippen LogP contribution < -0.4 is 10.6 Å². The number of nitrogens with one attached hydrogen (secondary N) is 3. The second-order valence-electron chi connectivity index (χ2n) is 5.43. The quantitative estimate of drug-likeness (QED) is 0.676. The van der Waals surface area contributed by atoms with E-state index in [1.54, 1.807) is 0 Å². The molecule has 2 amide bonds. The summed E-state index contributed by atoms with van der Waals surface area (Å²) in [5, 5.41) is 11.1. The maximum absolute atomic E-state index is 13.3. The number of amides is 2. The Morgan fingerprint density at radius 2 is 1.88 bits per heavy atom. The highest BCUT2D eigenvalue weighted by Gasteiger charge is 2.17. The van der Waals surface area contributed by atoms with Gasteiger partial charge in [-0.2, -0.15) is 5.10 Å². The summed E-state index contributed by atoms with van der Waals surface area (Å²) in [6, 6.07) is 2.72. The van der Waals surface area contributed by atoms with Crippen LogP contribution in [0, 0.1) is 11.6 Å². The molecule has 0 aliphatic heterocycles. The van der Waals surface area contributed by atoms with Gasteiger partial charge in [0, 0.05) is 19.2 Å². The van der Waals surface area contributed by atoms with E-state index in [4.69, 9.17) is 11.6 Å². The average molecular weight is 372 g/mol. The Morgan fingerprint density at radius 3 is 2.56 bits per heavy atom. The molecule has 2 aromatic rings. The van der Waals surface area contributed by atoms with E-state index in [1.165, 1.54) is 6.07 Å². The number of nitrogens with zero attached hydrogens (tertiary/aromatic N) is 2. The fourth-order valence-electron chi connectivity index (χ4n) is 1.87. The fourth-order valence-corrected chi connectivity index (χ4v) is 2.11. The first-order valence-electron chi connectivity index (χ1n) is 7.22. The molecule has 0 bridgehead atoms. The van der Waals surface area contributed by atoms with Crippen molar-refractivity contribution in [3.63, 3.8) is 0 Å². The minimum absolute atomic E-state index is 0.0745. The van der Waals surface area contributed by atoms with Crippen LogP contribution in [-0.4, -0.2) is 54.1 Å². The highest BCUT2D eigenvalue weighted by Crippen LogP contribution is 2.21. The molecule has 7 nitrogen and oxygen atoms in total. The van der Waals surface area contributed by atoms with Crippen molar-refractivity contribution < 1.29 is 18.4 Å². The van der Waals surface area contributed by atoms with Gasteiger partial charge in [-0.3, -0.25) is 14.7 Å². The van der Waals surface area contributed by atoms with E-state index in [0.717, 1.165) is 0 Å². The molecule has 1 aromatic carbocycles. The molecule has 0 fully saturated rings. The first-order chi connectivity index (χ1) is 11.8. The lowest BCUT2D eigenvalue weighted by molar-refractivity contribution is 0.0945. The van der Waals surface area contributed by atoms with Crippen molar-refractivity contribution in [2.24, 2.45) is 0 Å². The van der Waals surface area contributed by atoms with Crippen LogP contribution in [0.1, 0.15) is 20.8 Å². The summed E-state index contributed by atoms with van der Waals surface area (Å²) < 4.78 is 26.3. The third-order valence-corrected chi connectivity index (χ3v) is 3.47. The monoisotopic (exact) mass is 371 g/mol. The van der Waals surface area contributed by atoms with Crippen molar-refractivity contribution >= 4 is 29.2 Å². The number of aromatic amines is 1. The number of hydrogen-bond donors (Lipinski definition) is 3. The molecule has 2 rings (SSSR count). The van der Waals surface area contributed by atoms with Gasteiger partial charge in [0.05, 0.1) is 10.6 Å². The SMILES string of the molecule is CN(C)CCNC(=O)c1cc(NC(=O)c2cc(F)c(F)cc2Cl)[nH]n1. The van der Waals surface area contributed by atoms with Crippen molar-refractivity contribution in [2.45, 2.75) is 0 Å². The van der Waals surface area contributed by atoms with Crippen LogP contribution in [0.2, 0.25) is 5.02 Å². The highest BCUT2D eigenvalue weighted by atomic mass is 35.5. The average Bonchev–Trinajstić information content (AvgIpc) is 2.98. The number of rotatable bonds is 6. The summed E-state index contributed by atoms with van der Waals surface area (Å²) in [5.74, 6) is -3.42. The minimum atomic E-state index is -1.19. The molecule has 0 aliphatic carbocycles. The van der Waals surface area contributed by atoms with Gasteiger partial charge in [-0.05, 0) is 26.2 Å². The normalized spacial score (nSPS) is 10.8. The summed E-state index contributed by atoms with van der Waals surface area (Å²) in [7, 11) is 3.75. The van der Waals surface area contributed by atoms with Gasteiger partial charge in [0.2, 0.25) is 0 Å². The molecule has 134 valence electrons. The Kier molecular flexibility index (Phi) is 6.05. The van der Waals surface area contributed by atoms with Gasteiger partial charge in [-0.15, -0.1) is 0 Å². The number of carbonyl (C=O) groups excluding carboxylic acids is 2. The Morgan fingerprint density at radius 1 is 1.20 bits per heavy atom. The lowest BCUT2D eigenvalue weighted by Crippen LogP contribution is -2.31. The van der Waals surface area contributed by atoms with Crippen LogP contribution in [0.4, 0.5) is 14.6 Å². The predicted molar refractivity (Wildman–Crippen MR) is 88.8 cm³/mol.